The molecule has 0 heterocycles. The van der Waals surface area contributed by atoms with Crippen molar-refractivity contribution < 1.29 is 14.3 Å². The van der Waals surface area contributed by atoms with Gasteiger partial charge in [0.15, 0.2) is 0 Å². The van der Waals surface area contributed by atoms with Gasteiger partial charge in [-0.05, 0) is 55.0 Å². The maximum Gasteiger partial charge on any atom is 0.343 e. The smallest absolute Gasteiger partial charge is 0.343 e. The van der Waals surface area contributed by atoms with E-state index in [0.717, 1.165) is 12.2 Å². The lowest BCUT2D eigenvalue weighted by atomic mass is 10.2. The number of unbranched alkanes of at least 4 members (excludes halogenated alkanes) is 3. The SMILES string of the molecule is CCCCCCOc1ccc(OC(=O)c2ccc(N)cc2)cc1. The van der Waals surface area contributed by atoms with E-state index >= 15 is 0 Å². The van der Waals surface area contributed by atoms with Crippen molar-refractivity contribution in [2.24, 2.45) is 0 Å². The monoisotopic (exact) mass is 313 g/mol. The van der Waals surface area contributed by atoms with E-state index in [1.807, 2.05) is 12.1 Å². The first-order chi connectivity index (χ1) is 11.2. The summed E-state index contributed by atoms with van der Waals surface area (Å²) in [5.74, 6) is 0.872. The molecule has 0 aliphatic heterocycles. The minimum atomic E-state index is -0.404. The number of carbonyl (C=O) groups is 1. The Kier molecular flexibility index (Phi) is 6.48. The number of benzene rings is 2. The Morgan fingerprint density at radius 2 is 1.57 bits per heavy atom. The highest BCUT2D eigenvalue weighted by molar-refractivity contribution is 5.91. The second-order valence-corrected chi connectivity index (χ2v) is 5.39. The third-order valence-electron chi connectivity index (χ3n) is 3.45. The van der Waals surface area contributed by atoms with E-state index in [4.69, 9.17) is 15.2 Å². The zero-order valence-corrected chi connectivity index (χ0v) is 13.5. The van der Waals surface area contributed by atoms with Gasteiger partial charge in [-0.2, -0.15) is 0 Å². The summed E-state index contributed by atoms with van der Waals surface area (Å²) in [7, 11) is 0. The number of ether oxygens (including phenoxy) is 2. The zero-order valence-electron chi connectivity index (χ0n) is 13.5. The van der Waals surface area contributed by atoms with Crippen molar-refractivity contribution in [1.29, 1.82) is 0 Å². The first kappa shape index (κ1) is 16.9. The fourth-order valence-electron chi connectivity index (χ4n) is 2.11. The zero-order chi connectivity index (χ0) is 16.5. The van der Waals surface area contributed by atoms with Crippen LogP contribution in [0.2, 0.25) is 0 Å². The molecular weight excluding hydrogens is 290 g/mol. The average molecular weight is 313 g/mol. The highest BCUT2D eigenvalue weighted by Gasteiger charge is 2.08. The van der Waals surface area contributed by atoms with Gasteiger partial charge in [-0.3, -0.25) is 0 Å². The Morgan fingerprint density at radius 1 is 0.913 bits per heavy atom. The summed E-state index contributed by atoms with van der Waals surface area (Å²) in [5.41, 5.74) is 6.68. The molecule has 0 fully saturated rings. The molecule has 2 aromatic rings. The molecule has 0 aliphatic rings. The predicted octanol–water partition coefficient (Wildman–Crippen LogP) is 4.45. The lowest BCUT2D eigenvalue weighted by Gasteiger charge is -2.08. The molecule has 2 N–H and O–H groups in total. The molecule has 0 saturated carbocycles. The first-order valence-corrected chi connectivity index (χ1v) is 7.99. The number of hydrogen-bond acceptors (Lipinski definition) is 4. The van der Waals surface area contributed by atoms with E-state index in [0.29, 0.717) is 23.6 Å². The van der Waals surface area contributed by atoms with E-state index in [-0.39, 0.29) is 0 Å². The van der Waals surface area contributed by atoms with Gasteiger partial charge in [-0.15, -0.1) is 0 Å². The van der Waals surface area contributed by atoms with Crippen molar-refractivity contribution >= 4 is 11.7 Å². The van der Waals surface area contributed by atoms with Crippen LogP contribution in [-0.2, 0) is 0 Å². The van der Waals surface area contributed by atoms with Crippen LogP contribution in [0.5, 0.6) is 11.5 Å². The molecule has 122 valence electrons. The first-order valence-electron chi connectivity index (χ1n) is 7.99. The van der Waals surface area contributed by atoms with Crippen molar-refractivity contribution in [1.82, 2.24) is 0 Å². The second kappa shape index (κ2) is 8.83. The molecule has 0 aliphatic carbocycles. The molecule has 0 aromatic heterocycles. The Balaban J connectivity index is 1.82. The van der Waals surface area contributed by atoms with Crippen LogP contribution in [0.15, 0.2) is 48.5 Å². The van der Waals surface area contributed by atoms with Crippen LogP contribution in [0.4, 0.5) is 5.69 Å². The Bertz CT molecular complexity index is 606. The molecule has 0 radical (unpaired) electrons. The fraction of sp³-hybridized carbons (Fsp3) is 0.316. The van der Waals surface area contributed by atoms with Gasteiger partial charge in [0.2, 0.25) is 0 Å². The van der Waals surface area contributed by atoms with Crippen LogP contribution in [0, 0.1) is 0 Å². The quantitative estimate of drug-likeness (QED) is 0.338. The fourth-order valence-corrected chi connectivity index (χ4v) is 2.11. The van der Waals surface area contributed by atoms with E-state index in [1.165, 1.54) is 19.3 Å². The van der Waals surface area contributed by atoms with Crippen LogP contribution in [-0.4, -0.2) is 12.6 Å². The molecule has 2 aromatic carbocycles. The van der Waals surface area contributed by atoms with Crippen LogP contribution >= 0.6 is 0 Å². The van der Waals surface area contributed by atoms with Crippen molar-refractivity contribution in [3.8, 4) is 11.5 Å². The molecular formula is C19H23NO3. The third kappa shape index (κ3) is 5.66. The number of nitrogen functional groups attached to an aromatic ring is 1. The van der Waals surface area contributed by atoms with Gasteiger partial charge in [-0.1, -0.05) is 26.2 Å². The largest absolute Gasteiger partial charge is 0.494 e. The highest BCUT2D eigenvalue weighted by atomic mass is 16.5. The van der Waals surface area contributed by atoms with E-state index in [2.05, 4.69) is 6.92 Å². The van der Waals surface area contributed by atoms with Gasteiger partial charge in [0.05, 0.1) is 12.2 Å². The number of esters is 1. The summed E-state index contributed by atoms with van der Waals surface area (Å²) in [4.78, 5) is 12.0. The van der Waals surface area contributed by atoms with Crippen molar-refractivity contribution in [2.45, 2.75) is 32.6 Å². The van der Waals surface area contributed by atoms with Gasteiger partial charge in [0.25, 0.3) is 0 Å². The molecule has 23 heavy (non-hydrogen) atoms. The van der Waals surface area contributed by atoms with Gasteiger partial charge < -0.3 is 15.2 Å². The molecule has 0 unspecified atom stereocenters. The molecule has 0 saturated heterocycles. The average Bonchev–Trinajstić information content (AvgIpc) is 2.57. The molecule has 0 atom stereocenters. The predicted molar refractivity (Wildman–Crippen MR) is 91.9 cm³/mol. The van der Waals surface area contributed by atoms with E-state index in [1.54, 1.807) is 36.4 Å². The van der Waals surface area contributed by atoms with Gasteiger partial charge in [-0.25, -0.2) is 4.79 Å². The number of rotatable bonds is 8. The summed E-state index contributed by atoms with van der Waals surface area (Å²) in [5, 5.41) is 0. The van der Waals surface area contributed by atoms with Gasteiger partial charge in [0.1, 0.15) is 11.5 Å². The normalized spacial score (nSPS) is 10.3. The maximum atomic E-state index is 12.0. The minimum Gasteiger partial charge on any atom is -0.494 e. The van der Waals surface area contributed by atoms with Crippen LogP contribution in [0.3, 0.4) is 0 Å². The molecule has 0 spiro atoms. The van der Waals surface area contributed by atoms with E-state index < -0.39 is 5.97 Å². The van der Waals surface area contributed by atoms with Crippen LogP contribution in [0.25, 0.3) is 0 Å². The maximum absolute atomic E-state index is 12.0. The lowest BCUT2D eigenvalue weighted by Crippen LogP contribution is -2.08. The van der Waals surface area contributed by atoms with Gasteiger partial charge >= 0.3 is 5.97 Å². The third-order valence-corrected chi connectivity index (χ3v) is 3.45. The lowest BCUT2D eigenvalue weighted by molar-refractivity contribution is 0.0734. The summed E-state index contributed by atoms with van der Waals surface area (Å²) in [6.07, 6.45) is 4.70. The standard InChI is InChI=1S/C19H23NO3/c1-2-3-4-5-14-22-17-10-12-18(13-11-17)23-19(21)15-6-8-16(20)9-7-15/h6-13H,2-5,14,20H2,1H3. The number of carbonyl (C=O) groups excluding carboxylic acids is 1. The summed E-state index contributed by atoms with van der Waals surface area (Å²) < 4.78 is 11.0. The number of nitrogens with two attached hydrogens (primary N) is 1. The second-order valence-electron chi connectivity index (χ2n) is 5.39. The summed E-state index contributed by atoms with van der Waals surface area (Å²) >= 11 is 0. The Hall–Kier alpha value is -2.49. The summed E-state index contributed by atoms with van der Waals surface area (Å²) in [6, 6.07) is 13.7. The van der Waals surface area contributed by atoms with Crippen molar-refractivity contribution in [3.63, 3.8) is 0 Å². The van der Waals surface area contributed by atoms with Gasteiger partial charge in [0, 0.05) is 5.69 Å². The van der Waals surface area contributed by atoms with E-state index in [9.17, 15) is 4.79 Å². The highest BCUT2D eigenvalue weighted by Crippen LogP contribution is 2.19. The molecule has 0 bridgehead atoms. The van der Waals surface area contributed by atoms with Crippen molar-refractivity contribution in [2.75, 3.05) is 12.3 Å². The minimum absolute atomic E-state index is 0.404. The number of anilines is 1. The topological polar surface area (TPSA) is 61.5 Å². The molecule has 4 nitrogen and oxygen atoms in total. The summed E-state index contributed by atoms with van der Waals surface area (Å²) in [6.45, 7) is 2.90. The van der Waals surface area contributed by atoms with Crippen LogP contribution in [0.1, 0.15) is 43.0 Å². The van der Waals surface area contributed by atoms with Crippen molar-refractivity contribution in [3.05, 3.63) is 54.1 Å². The molecule has 4 heteroatoms. The molecule has 0 amide bonds. The Morgan fingerprint density at radius 3 is 2.22 bits per heavy atom. The number of hydrogen-bond donors (Lipinski definition) is 1. The molecule has 2 rings (SSSR count). The Labute approximate surface area is 137 Å². The van der Waals surface area contributed by atoms with Crippen LogP contribution < -0.4 is 15.2 Å².